The van der Waals surface area contributed by atoms with Crippen LogP contribution in [0.3, 0.4) is 0 Å². The zero-order valence-corrected chi connectivity index (χ0v) is 15.0. The third kappa shape index (κ3) is 4.48. The van der Waals surface area contributed by atoms with E-state index >= 15 is 0 Å². The Labute approximate surface area is 145 Å². The van der Waals surface area contributed by atoms with E-state index in [-0.39, 0.29) is 11.9 Å². The summed E-state index contributed by atoms with van der Waals surface area (Å²) in [5.74, 6) is 0.0547. The zero-order chi connectivity index (χ0) is 16.9. The molecule has 2 aliphatic heterocycles. The van der Waals surface area contributed by atoms with Crippen LogP contribution in [0.2, 0.25) is 0 Å². The summed E-state index contributed by atoms with van der Waals surface area (Å²) in [6, 6.07) is 1.09. The van der Waals surface area contributed by atoms with Crippen LogP contribution in [0.25, 0.3) is 0 Å². The number of carbonyl (C=O) groups is 1. The van der Waals surface area contributed by atoms with Crippen LogP contribution in [-0.4, -0.2) is 75.1 Å². The van der Waals surface area contributed by atoms with Gasteiger partial charge in [-0.05, 0) is 39.0 Å². The second-order valence-corrected chi connectivity index (χ2v) is 7.37. The molecule has 0 spiro atoms. The van der Waals surface area contributed by atoms with Crippen LogP contribution in [0.5, 0.6) is 0 Å². The van der Waals surface area contributed by atoms with Crippen molar-refractivity contribution in [1.82, 2.24) is 10.2 Å². The second-order valence-electron chi connectivity index (χ2n) is 7.37. The van der Waals surface area contributed by atoms with Gasteiger partial charge in [-0.1, -0.05) is 0 Å². The van der Waals surface area contributed by atoms with Gasteiger partial charge in [-0.2, -0.15) is 0 Å². The molecule has 2 heterocycles. The minimum atomic E-state index is -0.0276. The van der Waals surface area contributed by atoms with E-state index in [1.807, 2.05) is 6.92 Å². The van der Waals surface area contributed by atoms with Crippen molar-refractivity contribution in [2.75, 3.05) is 40.0 Å². The Bertz CT molecular complexity index is 406. The van der Waals surface area contributed by atoms with Gasteiger partial charge in [-0.15, -0.1) is 0 Å². The van der Waals surface area contributed by atoms with Crippen LogP contribution in [0.4, 0.5) is 0 Å². The normalized spacial score (nSPS) is 34.9. The van der Waals surface area contributed by atoms with Gasteiger partial charge in [0.25, 0.3) is 0 Å². The molecule has 0 bridgehead atoms. The van der Waals surface area contributed by atoms with Gasteiger partial charge in [0.2, 0.25) is 0 Å². The summed E-state index contributed by atoms with van der Waals surface area (Å²) in [5, 5.41) is 3.59. The lowest BCUT2D eigenvalue weighted by molar-refractivity contribution is -0.150. The van der Waals surface area contributed by atoms with Crippen LogP contribution in [0.1, 0.15) is 39.0 Å². The highest BCUT2D eigenvalue weighted by Crippen LogP contribution is 2.28. The minimum absolute atomic E-state index is 0.0276. The van der Waals surface area contributed by atoms with Gasteiger partial charge < -0.3 is 19.5 Å². The zero-order valence-electron chi connectivity index (χ0n) is 15.0. The number of nitrogens with zero attached hydrogens (tertiary/aromatic N) is 1. The third-order valence-corrected chi connectivity index (χ3v) is 5.75. The fourth-order valence-corrected chi connectivity index (χ4v) is 4.10. The van der Waals surface area contributed by atoms with Gasteiger partial charge in [0.1, 0.15) is 0 Å². The molecule has 0 aromatic rings. The highest BCUT2D eigenvalue weighted by atomic mass is 16.5. The Morgan fingerprint density at radius 1 is 1.17 bits per heavy atom. The maximum atomic E-state index is 11.8. The first-order valence-electron chi connectivity index (χ1n) is 9.48. The van der Waals surface area contributed by atoms with Crippen LogP contribution in [-0.2, 0) is 19.0 Å². The Hall–Kier alpha value is -0.690. The van der Waals surface area contributed by atoms with Crippen molar-refractivity contribution < 1.29 is 19.0 Å². The molecule has 3 aliphatic rings. The molecule has 3 rings (SSSR count). The Morgan fingerprint density at radius 3 is 2.58 bits per heavy atom. The van der Waals surface area contributed by atoms with Crippen molar-refractivity contribution in [2.45, 2.75) is 63.3 Å². The fraction of sp³-hybridized carbons (Fsp3) is 0.944. The molecular formula is C18H32N2O4. The monoisotopic (exact) mass is 340 g/mol. The van der Waals surface area contributed by atoms with Crippen molar-refractivity contribution in [3.63, 3.8) is 0 Å². The summed E-state index contributed by atoms with van der Waals surface area (Å²) < 4.78 is 16.6. The number of esters is 1. The average Bonchev–Trinajstić information content (AvgIpc) is 3.01. The topological polar surface area (TPSA) is 60.0 Å². The van der Waals surface area contributed by atoms with Gasteiger partial charge >= 0.3 is 5.97 Å². The predicted molar refractivity (Wildman–Crippen MR) is 90.9 cm³/mol. The summed E-state index contributed by atoms with van der Waals surface area (Å²) >= 11 is 0. The van der Waals surface area contributed by atoms with Gasteiger partial charge in [0.15, 0.2) is 0 Å². The quantitative estimate of drug-likeness (QED) is 0.703. The van der Waals surface area contributed by atoms with Gasteiger partial charge in [0, 0.05) is 38.8 Å². The van der Waals surface area contributed by atoms with Crippen LogP contribution in [0, 0.1) is 5.92 Å². The van der Waals surface area contributed by atoms with Crippen molar-refractivity contribution in [2.24, 2.45) is 5.92 Å². The molecule has 2 saturated heterocycles. The van der Waals surface area contributed by atoms with E-state index in [1.54, 1.807) is 7.11 Å². The molecule has 138 valence electrons. The summed E-state index contributed by atoms with van der Waals surface area (Å²) in [4.78, 5) is 14.3. The molecule has 0 unspecified atom stereocenters. The van der Waals surface area contributed by atoms with Gasteiger partial charge in [0.05, 0.1) is 31.3 Å². The molecule has 2 atom stereocenters. The standard InChI is InChI=1S/C18H32N2O4/c1-3-23-18(21)13-4-6-16(7-5-13)24-12-14-8-15(9-19-14)20-10-17(11-20)22-2/h13-17,19H,3-12H2,1-2H3/t13?,14-,15-,16?/m0/s1. The Morgan fingerprint density at radius 2 is 1.92 bits per heavy atom. The molecule has 0 radical (unpaired) electrons. The van der Waals surface area contributed by atoms with E-state index in [1.165, 1.54) is 0 Å². The number of hydrogen-bond acceptors (Lipinski definition) is 6. The molecule has 0 aromatic heterocycles. The van der Waals surface area contributed by atoms with E-state index in [9.17, 15) is 4.79 Å². The van der Waals surface area contributed by atoms with Crippen molar-refractivity contribution in [1.29, 1.82) is 0 Å². The number of ether oxygens (including phenoxy) is 3. The van der Waals surface area contributed by atoms with E-state index < -0.39 is 0 Å². The lowest BCUT2D eigenvalue weighted by Crippen LogP contribution is -2.56. The number of carbonyl (C=O) groups excluding carboxylic acids is 1. The second kappa shape index (κ2) is 8.61. The van der Waals surface area contributed by atoms with Crippen LogP contribution in [0.15, 0.2) is 0 Å². The minimum Gasteiger partial charge on any atom is -0.466 e. The molecule has 1 aliphatic carbocycles. The van der Waals surface area contributed by atoms with Crippen molar-refractivity contribution in [3.8, 4) is 0 Å². The fourth-order valence-electron chi connectivity index (χ4n) is 4.10. The summed E-state index contributed by atoms with van der Waals surface area (Å²) in [7, 11) is 1.79. The van der Waals surface area contributed by atoms with E-state index in [0.29, 0.717) is 30.9 Å². The van der Waals surface area contributed by atoms with Crippen molar-refractivity contribution >= 4 is 5.97 Å². The third-order valence-electron chi connectivity index (χ3n) is 5.75. The maximum absolute atomic E-state index is 11.8. The van der Waals surface area contributed by atoms with Crippen LogP contribution >= 0.6 is 0 Å². The lowest BCUT2D eigenvalue weighted by atomic mass is 9.87. The summed E-state index contributed by atoms with van der Waals surface area (Å²) in [6.45, 7) is 6.31. The predicted octanol–water partition coefficient (Wildman–Crippen LogP) is 1.19. The number of hydrogen-bond donors (Lipinski definition) is 1. The molecule has 0 aromatic carbocycles. The molecule has 6 heteroatoms. The summed E-state index contributed by atoms with van der Waals surface area (Å²) in [6.07, 6.45) is 5.64. The Balaban J connectivity index is 1.30. The lowest BCUT2D eigenvalue weighted by Gasteiger charge is -2.42. The van der Waals surface area contributed by atoms with Crippen molar-refractivity contribution in [3.05, 3.63) is 0 Å². The Kier molecular flexibility index (Phi) is 6.49. The average molecular weight is 340 g/mol. The first-order chi connectivity index (χ1) is 11.7. The van der Waals surface area contributed by atoms with Gasteiger partial charge in [-0.25, -0.2) is 0 Å². The first kappa shape index (κ1) is 18.1. The molecule has 6 nitrogen and oxygen atoms in total. The SMILES string of the molecule is CCOC(=O)C1CCC(OC[C@@H]2C[C@H](N3CC(OC)C3)CN2)CC1. The molecule has 0 amide bonds. The number of rotatable bonds is 7. The molecule has 24 heavy (non-hydrogen) atoms. The smallest absolute Gasteiger partial charge is 0.308 e. The highest BCUT2D eigenvalue weighted by molar-refractivity contribution is 5.72. The molecule has 1 N–H and O–H groups in total. The van der Waals surface area contributed by atoms with E-state index in [2.05, 4.69) is 10.2 Å². The molecule has 3 fully saturated rings. The van der Waals surface area contributed by atoms with E-state index in [4.69, 9.17) is 14.2 Å². The van der Waals surface area contributed by atoms with Crippen LogP contribution < -0.4 is 5.32 Å². The highest BCUT2D eigenvalue weighted by Gasteiger charge is 2.37. The number of likely N-dealkylation sites (tertiary alicyclic amines) is 1. The van der Waals surface area contributed by atoms with E-state index in [0.717, 1.165) is 58.3 Å². The number of nitrogens with one attached hydrogen (secondary N) is 1. The number of methoxy groups -OCH3 is 1. The maximum Gasteiger partial charge on any atom is 0.308 e. The van der Waals surface area contributed by atoms with Gasteiger partial charge in [-0.3, -0.25) is 9.69 Å². The largest absolute Gasteiger partial charge is 0.466 e. The molecular weight excluding hydrogens is 308 g/mol. The summed E-state index contributed by atoms with van der Waals surface area (Å²) in [5.41, 5.74) is 0. The first-order valence-corrected chi connectivity index (χ1v) is 9.48. The molecule has 1 saturated carbocycles.